The largest absolute Gasteiger partial charge is 0.335 e. The van der Waals surface area contributed by atoms with Crippen molar-refractivity contribution in [3.63, 3.8) is 0 Å². The minimum atomic E-state index is -3.69. The van der Waals surface area contributed by atoms with Gasteiger partial charge in [0.05, 0.1) is 25.0 Å². The van der Waals surface area contributed by atoms with E-state index in [1.807, 2.05) is 0 Å². The molecule has 0 bridgehead atoms. The third kappa shape index (κ3) is 3.02. The molecule has 1 fully saturated rings. The number of rotatable bonds is 4. The summed E-state index contributed by atoms with van der Waals surface area (Å²) in [6.45, 7) is 0.649. The molecule has 1 aliphatic heterocycles. The summed E-state index contributed by atoms with van der Waals surface area (Å²) in [5.74, 6) is 0. The molecular formula is C11H16N6O4S2. The van der Waals surface area contributed by atoms with Gasteiger partial charge in [0, 0.05) is 26.2 Å². The van der Waals surface area contributed by atoms with E-state index in [4.69, 9.17) is 0 Å². The smallest absolute Gasteiger partial charge is 0.260 e. The van der Waals surface area contributed by atoms with E-state index in [0.29, 0.717) is 6.42 Å². The number of aromatic amines is 2. The lowest BCUT2D eigenvalue weighted by atomic mass is 10.4. The summed E-state index contributed by atoms with van der Waals surface area (Å²) >= 11 is 0. The van der Waals surface area contributed by atoms with Crippen LogP contribution in [0.5, 0.6) is 0 Å². The maximum Gasteiger partial charge on any atom is 0.260 e. The van der Waals surface area contributed by atoms with E-state index in [9.17, 15) is 16.8 Å². The summed E-state index contributed by atoms with van der Waals surface area (Å²) in [6, 6.07) is 0. The Kier molecular flexibility index (Phi) is 4.23. The predicted octanol–water partition coefficient (Wildman–Crippen LogP) is -0.782. The molecule has 0 atom stereocenters. The van der Waals surface area contributed by atoms with Crippen molar-refractivity contribution >= 4 is 20.0 Å². The number of nitrogens with one attached hydrogen (secondary N) is 2. The van der Waals surface area contributed by atoms with Crippen molar-refractivity contribution < 1.29 is 16.8 Å². The lowest BCUT2D eigenvalue weighted by molar-refractivity contribution is 0.403. The molecule has 0 spiro atoms. The van der Waals surface area contributed by atoms with Crippen LogP contribution in [0, 0.1) is 0 Å². The monoisotopic (exact) mass is 360 g/mol. The van der Waals surface area contributed by atoms with E-state index in [2.05, 4.69) is 19.9 Å². The Bertz CT molecular complexity index is 772. The van der Waals surface area contributed by atoms with Crippen LogP contribution < -0.4 is 0 Å². The molecule has 2 aromatic rings. The van der Waals surface area contributed by atoms with Crippen molar-refractivity contribution in [2.45, 2.75) is 16.5 Å². The maximum absolute atomic E-state index is 12.5. The van der Waals surface area contributed by atoms with Gasteiger partial charge in [-0.25, -0.2) is 26.8 Å². The first-order valence-electron chi connectivity index (χ1n) is 6.89. The van der Waals surface area contributed by atoms with Crippen LogP contribution >= 0.6 is 0 Å². The van der Waals surface area contributed by atoms with E-state index >= 15 is 0 Å². The van der Waals surface area contributed by atoms with Crippen LogP contribution in [0.15, 0.2) is 35.1 Å². The molecule has 1 aliphatic rings. The number of hydrogen-bond donors (Lipinski definition) is 2. The Morgan fingerprint density at radius 2 is 1.22 bits per heavy atom. The van der Waals surface area contributed by atoms with Crippen LogP contribution in [0.3, 0.4) is 0 Å². The standard InChI is InChI=1S/C11H16N6O4S2/c18-22(19,10-6-12-8-14-10)16-2-1-3-17(5-4-16)23(20,21)11-7-13-9-15-11/h6-9H,1-5H2,(H,12,14)(H,13,15). The third-order valence-corrected chi connectivity index (χ3v) is 7.24. The Hall–Kier alpha value is -1.76. The Labute approximate surface area is 133 Å². The first-order valence-corrected chi connectivity index (χ1v) is 9.77. The van der Waals surface area contributed by atoms with Gasteiger partial charge in [0.25, 0.3) is 20.0 Å². The molecule has 2 aromatic heterocycles. The average molecular weight is 360 g/mol. The zero-order valence-corrected chi connectivity index (χ0v) is 13.7. The highest BCUT2D eigenvalue weighted by molar-refractivity contribution is 7.89. The van der Waals surface area contributed by atoms with Crippen LogP contribution in [0.25, 0.3) is 0 Å². The molecule has 10 nitrogen and oxygen atoms in total. The minimum Gasteiger partial charge on any atom is -0.335 e. The van der Waals surface area contributed by atoms with Crippen molar-refractivity contribution in [3.8, 4) is 0 Å². The summed E-state index contributed by atoms with van der Waals surface area (Å²) in [6.07, 6.45) is 5.46. The molecule has 0 unspecified atom stereocenters. The third-order valence-electron chi connectivity index (χ3n) is 3.60. The molecule has 0 amide bonds. The number of H-pyrrole nitrogens is 2. The molecule has 0 radical (unpaired) electrons. The molecular weight excluding hydrogens is 344 g/mol. The molecule has 3 heterocycles. The maximum atomic E-state index is 12.5. The van der Waals surface area contributed by atoms with E-state index in [-0.39, 0.29) is 36.2 Å². The Balaban J connectivity index is 1.78. The van der Waals surface area contributed by atoms with Gasteiger partial charge < -0.3 is 9.97 Å². The second-order valence-electron chi connectivity index (χ2n) is 4.99. The van der Waals surface area contributed by atoms with Gasteiger partial charge in [-0.2, -0.15) is 8.61 Å². The Morgan fingerprint density at radius 3 is 1.57 bits per heavy atom. The lowest BCUT2D eigenvalue weighted by Crippen LogP contribution is -2.37. The number of aromatic nitrogens is 4. The van der Waals surface area contributed by atoms with Gasteiger partial charge in [0.15, 0.2) is 10.1 Å². The fourth-order valence-corrected chi connectivity index (χ4v) is 5.13. The van der Waals surface area contributed by atoms with Crippen molar-refractivity contribution in [3.05, 3.63) is 25.0 Å². The van der Waals surface area contributed by atoms with Crippen LogP contribution in [-0.2, 0) is 20.0 Å². The molecule has 0 aliphatic carbocycles. The molecule has 3 rings (SSSR count). The fraction of sp³-hybridized carbons (Fsp3) is 0.455. The van der Waals surface area contributed by atoms with Gasteiger partial charge in [0.2, 0.25) is 0 Å². The summed E-state index contributed by atoms with van der Waals surface area (Å²) in [5.41, 5.74) is 0. The number of imidazole rings is 2. The van der Waals surface area contributed by atoms with E-state index in [0.717, 1.165) is 0 Å². The normalized spacial score (nSPS) is 18.8. The van der Waals surface area contributed by atoms with Gasteiger partial charge in [-0.05, 0) is 6.42 Å². The van der Waals surface area contributed by atoms with E-state index in [1.54, 1.807) is 0 Å². The summed E-state index contributed by atoms with van der Waals surface area (Å²) < 4.78 is 52.4. The first-order chi connectivity index (χ1) is 10.9. The quantitative estimate of drug-likeness (QED) is 0.735. The highest BCUT2D eigenvalue weighted by atomic mass is 32.2. The van der Waals surface area contributed by atoms with Gasteiger partial charge in [-0.15, -0.1) is 0 Å². The van der Waals surface area contributed by atoms with Crippen molar-refractivity contribution in [2.75, 3.05) is 26.2 Å². The molecule has 2 N–H and O–H groups in total. The summed E-state index contributed by atoms with van der Waals surface area (Å²) in [7, 11) is -7.38. The van der Waals surface area contributed by atoms with E-state index < -0.39 is 20.0 Å². The number of nitrogens with zero attached hydrogens (tertiary/aromatic N) is 4. The van der Waals surface area contributed by atoms with Gasteiger partial charge >= 0.3 is 0 Å². The van der Waals surface area contributed by atoms with E-state index in [1.165, 1.54) is 33.7 Å². The first kappa shape index (κ1) is 16.1. The Morgan fingerprint density at radius 1 is 0.783 bits per heavy atom. The highest BCUT2D eigenvalue weighted by Gasteiger charge is 2.32. The zero-order chi connectivity index (χ0) is 16.5. The molecule has 0 aromatic carbocycles. The molecule has 0 saturated carbocycles. The highest BCUT2D eigenvalue weighted by Crippen LogP contribution is 2.19. The van der Waals surface area contributed by atoms with Gasteiger partial charge in [-0.3, -0.25) is 0 Å². The van der Waals surface area contributed by atoms with Crippen LogP contribution in [0.2, 0.25) is 0 Å². The molecule has 23 heavy (non-hydrogen) atoms. The van der Waals surface area contributed by atoms with Crippen LogP contribution in [-0.4, -0.2) is 71.6 Å². The van der Waals surface area contributed by atoms with Gasteiger partial charge in [-0.1, -0.05) is 0 Å². The van der Waals surface area contributed by atoms with Crippen LogP contribution in [0.4, 0.5) is 0 Å². The zero-order valence-electron chi connectivity index (χ0n) is 12.1. The molecule has 12 heteroatoms. The molecule has 1 saturated heterocycles. The second kappa shape index (κ2) is 6.03. The van der Waals surface area contributed by atoms with Crippen molar-refractivity contribution in [2.24, 2.45) is 0 Å². The predicted molar refractivity (Wildman–Crippen MR) is 79.3 cm³/mol. The summed E-state index contributed by atoms with van der Waals surface area (Å²) in [5, 5.41) is 0.00440. The van der Waals surface area contributed by atoms with Crippen molar-refractivity contribution in [1.82, 2.24) is 28.5 Å². The average Bonchev–Trinajstić information content (AvgIpc) is 3.16. The fourth-order valence-electron chi connectivity index (χ4n) is 2.40. The van der Waals surface area contributed by atoms with Gasteiger partial charge in [0.1, 0.15) is 0 Å². The van der Waals surface area contributed by atoms with Crippen LogP contribution in [0.1, 0.15) is 6.42 Å². The number of sulfonamides is 2. The SMILES string of the molecule is O=S(=O)(c1cnc[nH]1)N1CCCN(S(=O)(=O)c2cnc[nH]2)CC1. The van der Waals surface area contributed by atoms with Crippen molar-refractivity contribution in [1.29, 1.82) is 0 Å². The lowest BCUT2D eigenvalue weighted by Gasteiger charge is -2.20. The number of hydrogen-bond acceptors (Lipinski definition) is 6. The topological polar surface area (TPSA) is 132 Å². The minimum absolute atomic E-state index is 0.00220. The second-order valence-corrected chi connectivity index (χ2v) is 8.81. The molecule has 126 valence electrons. The summed E-state index contributed by atoms with van der Waals surface area (Å²) in [4.78, 5) is 12.6.